The fourth-order valence-electron chi connectivity index (χ4n) is 3.15. The molecule has 174 valence electrons. The molecule has 1 aliphatic heterocycles. The molecule has 4 heterocycles. The van der Waals surface area contributed by atoms with Gasteiger partial charge in [-0.2, -0.15) is 18.3 Å². The molecule has 33 heavy (non-hydrogen) atoms. The number of halogens is 3. The number of methoxy groups -OCH3 is 1. The molecule has 0 bridgehead atoms. The van der Waals surface area contributed by atoms with Gasteiger partial charge in [0.05, 0.1) is 34.9 Å². The normalized spacial score (nSPS) is 14.4. The van der Waals surface area contributed by atoms with Crippen molar-refractivity contribution >= 4 is 51.2 Å². The number of rotatable bonds is 5. The third kappa shape index (κ3) is 4.64. The van der Waals surface area contributed by atoms with E-state index in [2.05, 4.69) is 41.8 Å². The first-order chi connectivity index (χ1) is 15.7. The number of alkyl halides is 3. The molecule has 15 heteroatoms. The number of hydrazine groups is 2. The van der Waals surface area contributed by atoms with Crippen LogP contribution >= 0.6 is 11.3 Å². The van der Waals surface area contributed by atoms with Gasteiger partial charge in [-0.1, -0.05) is 11.3 Å². The van der Waals surface area contributed by atoms with Gasteiger partial charge in [0.15, 0.2) is 5.82 Å². The Kier molecular flexibility index (Phi) is 6.01. The second kappa shape index (κ2) is 8.76. The standard InChI is InChI=1S/C18H18F3N9O2S/c1-8(32-3)13-12(6-23-16-14(13)25-9(2)33-16)27-17(31)26-10-4-11(18(19,20)21)15(22-5-10)30-7-24-28-29-30/h4-8,28-29H,1-3H3,(H2,26,27,31)/t8-/m0/s1. The maximum atomic E-state index is 13.6. The molecular weight excluding hydrogens is 463 g/mol. The molecule has 0 saturated heterocycles. The third-order valence-corrected chi connectivity index (χ3v) is 5.53. The van der Waals surface area contributed by atoms with Gasteiger partial charge in [-0.25, -0.2) is 30.3 Å². The number of fused-ring (bicyclic) bond motifs is 1. The van der Waals surface area contributed by atoms with Crippen LogP contribution in [0.15, 0.2) is 23.6 Å². The number of aryl methyl sites for hydroxylation is 1. The van der Waals surface area contributed by atoms with Gasteiger partial charge in [-0.3, -0.25) is 0 Å². The fourth-order valence-corrected chi connectivity index (χ4v) is 3.92. The minimum Gasteiger partial charge on any atom is -0.377 e. The van der Waals surface area contributed by atoms with Crippen LogP contribution in [0.5, 0.6) is 0 Å². The summed E-state index contributed by atoms with van der Waals surface area (Å²) in [5.74, 6) is -0.438. The van der Waals surface area contributed by atoms with Crippen molar-refractivity contribution < 1.29 is 22.7 Å². The Hall–Kier alpha value is -3.56. The maximum Gasteiger partial charge on any atom is 0.420 e. The highest BCUT2D eigenvalue weighted by Crippen LogP contribution is 2.37. The molecular formula is C18H18F3N9O2S. The topological polar surface area (TPSA) is 129 Å². The molecule has 4 N–H and O–H groups in total. The SMILES string of the molecule is CO[C@@H](C)c1c(NC(=O)Nc2cnc(N3C=NNN3)c(C(F)(F)F)c2)cnc2sc(C)nc12. The zero-order valence-corrected chi connectivity index (χ0v) is 18.3. The number of hydrogen-bond acceptors (Lipinski definition) is 10. The maximum absolute atomic E-state index is 13.6. The lowest BCUT2D eigenvalue weighted by Crippen LogP contribution is -2.39. The van der Waals surface area contributed by atoms with Crippen molar-refractivity contribution in [3.05, 3.63) is 34.6 Å². The molecule has 0 unspecified atom stereocenters. The van der Waals surface area contributed by atoms with Crippen LogP contribution in [0.4, 0.5) is 35.2 Å². The Morgan fingerprint density at radius 1 is 1.27 bits per heavy atom. The second-order valence-electron chi connectivity index (χ2n) is 6.86. The monoisotopic (exact) mass is 481 g/mol. The van der Waals surface area contributed by atoms with Gasteiger partial charge in [-0.05, 0) is 19.9 Å². The van der Waals surface area contributed by atoms with Gasteiger partial charge in [0.25, 0.3) is 0 Å². The van der Waals surface area contributed by atoms with E-state index in [1.165, 1.54) is 24.6 Å². The van der Waals surface area contributed by atoms with Crippen LogP contribution in [0.2, 0.25) is 0 Å². The number of thiazole rings is 1. The second-order valence-corrected chi connectivity index (χ2v) is 8.04. The number of amides is 2. The minimum absolute atomic E-state index is 0.160. The number of urea groups is 1. The smallest absolute Gasteiger partial charge is 0.377 e. The summed E-state index contributed by atoms with van der Waals surface area (Å²) < 4.78 is 46.2. The number of aromatic nitrogens is 3. The van der Waals surface area contributed by atoms with Gasteiger partial charge >= 0.3 is 12.2 Å². The Morgan fingerprint density at radius 2 is 2.06 bits per heavy atom. The number of hydrazone groups is 1. The molecule has 0 aliphatic carbocycles. The largest absolute Gasteiger partial charge is 0.420 e. The number of nitrogens with zero attached hydrogens (tertiary/aromatic N) is 5. The van der Waals surface area contributed by atoms with Crippen molar-refractivity contribution in [1.29, 1.82) is 0 Å². The third-order valence-electron chi connectivity index (χ3n) is 4.65. The Morgan fingerprint density at radius 3 is 2.73 bits per heavy atom. The molecule has 3 aromatic rings. The van der Waals surface area contributed by atoms with Crippen LogP contribution in [0.3, 0.4) is 0 Å². The minimum atomic E-state index is -4.73. The number of nitrogens with one attached hydrogen (secondary N) is 4. The van der Waals surface area contributed by atoms with E-state index in [-0.39, 0.29) is 5.69 Å². The van der Waals surface area contributed by atoms with Crippen LogP contribution < -0.4 is 26.7 Å². The molecule has 0 saturated carbocycles. The Labute approximate surface area is 189 Å². The van der Waals surface area contributed by atoms with Gasteiger partial charge in [0.2, 0.25) is 0 Å². The number of ether oxygens (including phenoxy) is 1. The molecule has 11 nitrogen and oxygen atoms in total. The highest BCUT2D eigenvalue weighted by Gasteiger charge is 2.37. The summed E-state index contributed by atoms with van der Waals surface area (Å²) in [6, 6.07) is -0.00230. The van der Waals surface area contributed by atoms with Crippen molar-refractivity contribution in [3.63, 3.8) is 0 Å². The van der Waals surface area contributed by atoms with E-state index >= 15 is 0 Å². The summed E-state index contributed by atoms with van der Waals surface area (Å²) in [4.78, 5) is 25.9. The average molecular weight is 481 g/mol. The summed E-state index contributed by atoms with van der Waals surface area (Å²) in [5, 5.41) is 10.3. The van der Waals surface area contributed by atoms with Crippen molar-refractivity contribution in [3.8, 4) is 0 Å². The van der Waals surface area contributed by atoms with Crippen molar-refractivity contribution in [2.45, 2.75) is 26.1 Å². The van der Waals surface area contributed by atoms with Gasteiger partial charge in [0, 0.05) is 12.7 Å². The predicted octanol–water partition coefficient (Wildman–Crippen LogP) is 3.54. The van der Waals surface area contributed by atoms with E-state index in [4.69, 9.17) is 4.74 Å². The highest BCUT2D eigenvalue weighted by molar-refractivity contribution is 7.18. The van der Waals surface area contributed by atoms with E-state index in [0.29, 0.717) is 21.6 Å². The van der Waals surface area contributed by atoms with Crippen LogP contribution in [0.1, 0.15) is 29.2 Å². The van der Waals surface area contributed by atoms with E-state index in [1.54, 1.807) is 6.92 Å². The van der Waals surface area contributed by atoms with Crippen LogP contribution in [0, 0.1) is 6.92 Å². The van der Waals surface area contributed by atoms with E-state index in [1.807, 2.05) is 6.92 Å². The van der Waals surface area contributed by atoms with Gasteiger partial charge in [0.1, 0.15) is 22.2 Å². The number of pyridine rings is 2. The molecule has 2 amide bonds. The molecule has 4 rings (SSSR count). The van der Waals surface area contributed by atoms with Crippen molar-refractivity contribution in [2.24, 2.45) is 5.10 Å². The molecule has 1 aliphatic rings. The number of anilines is 3. The number of hydrogen-bond donors (Lipinski definition) is 4. The van der Waals surface area contributed by atoms with E-state index < -0.39 is 29.7 Å². The van der Waals surface area contributed by atoms with Gasteiger partial charge < -0.3 is 15.4 Å². The van der Waals surface area contributed by atoms with Crippen LogP contribution in [-0.2, 0) is 10.9 Å². The molecule has 0 radical (unpaired) electrons. The molecule has 0 aromatic carbocycles. The first kappa shape index (κ1) is 22.6. The molecule has 0 spiro atoms. The zero-order chi connectivity index (χ0) is 23.8. The summed E-state index contributed by atoms with van der Waals surface area (Å²) >= 11 is 1.40. The van der Waals surface area contributed by atoms with Crippen LogP contribution in [-0.4, -0.2) is 34.4 Å². The highest BCUT2D eigenvalue weighted by atomic mass is 32.1. The lowest BCUT2D eigenvalue weighted by molar-refractivity contribution is -0.137. The quantitative estimate of drug-likeness (QED) is 0.436. The first-order valence-corrected chi connectivity index (χ1v) is 10.3. The number of carbonyl (C=O) groups is 1. The average Bonchev–Trinajstić information content (AvgIpc) is 3.41. The van der Waals surface area contributed by atoms with Crippen molar-refractivity contribution in [2.75, 3.05) is 22.8 Å². The predicted molar refractivity (Wildman–Crippen MR) is 117 cm³/mol. The van der Waals surface area contributed by atoms with E-state index in [9.17, 15) is 18.0 Å². The summed E-state index contributed by atoms with van der Waals surface area (Å²) in [6.45, 7) is 3.62. The van der Waals surface area contributed by atoms with Crippen LogP contribution in [0.25, 0.3) is 10.3 Å². The number of carbonyl (C=O) groups excluding carboxylic acids is 1. The lowest BCUT2D eigenvalue weighted by Gasteiger charge is -2.19. The molecule has 3 aromatic heterocycles. The fraction of sp³-hybridized carbons (Fsp3) is 0.278. The Bertz CT molecular complexity index is 1230. The van der Waals surface area contributed by atoms with Gasteiger partial charge in [-0.15, -0.1) is 5.53 Å². The molecule has 1 atom stereocenters. The molecule has 0 fully saturated rings. The first-order valence-electron chi connectivity index (χ1n) is 9.44. The Balaban J connectivity index is 1.60. The van der Waals surface area contributed by atoms with E-state index in [0.717, 1.165) is 28.6 Å². The lowest BCUT2D eigenvalue weighted by atomic mass is 10.1. The van der Waals surface area contributed by atoms with Crippen molar-refractivity contribution in [1.82, 2.24) is 26.0 Å². The zero-order valence-electron chi connectivity index (χ0n) is 17.5. The summed E-state index contributed by atoms with van der Waals surface area (Å²) in [7, 11) is 1.52. The summed E-state index contributed by atoms with van der Waals surface area (Å²) in [5.41, 5.74) is 4.97. The summed E-state index contributed by atoms with van der Waals surface area (Å²) in [6.07, 6.45) is -1.50.